The Morgan fingerprint density at radius 1 is 1.35 bits per heavy atom. The molecular weight excluding hydrogens is 254 g/mol. The molecule has 20 heavy (non-hydrogen) atoms. The first-order chi connectivity index (χ1) is 9.67. The smallest absolute Gasteiger partial charge is 0.327 e. The maximum absolute atomic E-state index is 12.7. The third-order valence-electron chi connectivity index (χ3n) is 5.04. The molecule has 1 N–H and O–H groups in total. The van der Waals surface area contributed by atoms with Gasteiger partial charge in [-0.3, -0.25) is 9.80 Å². The van der Waals surface area contributed by atoms with Crippen LogP contribution in [0.4, 0.5) is 0 Å². The fourth-order valence-corrected chi connectivity index (χ4v) is 3.89. The Morgan fingerprint density at radius 3 is 2.65 bits per heavy atom. The molecule has 0 aromatic carbocycles. The molecule has 2 saturated heterocycles. The van der Waals surface area contributed by atoms with Crippen molar-refractivity contribution in [3.63, 3.8) is 0 Å². The van der Waals surface area contributed by atoms with E-state index < -0.39 is 5.54 Å². The number of hydrogen-bond acceptors (Lipinski definition) is 5. The van der Waals surface area contributed by atoms with Gasteiger partial charge in [0, 0.05) is 44.8 Å². The summed E-state index contributed by atoms with van der Waals surface area (Å²) >= 11 is 0. The molecule has 0 bridgehead atoms. The van der Waals surface area contributed by atoms with E-state index in [1.807, 2.05) is 6.92 Å². The number of ether oxygens (including phenoxy) is 1. The first-order valence-corrected chi connectivity index (χ1v) is 8.06. The first-order valence-electron chi connectivity index (χ1n) is 8.06. The lowest BCUT2D eigenvalue weighted by atomic mass is 9.93. The van der Waals surface area contributed by atoms with E-state index in [1.165, 1.54) is 12.8 Å². The van der Waals surface area contributed by atoms with Crippen LogP contribution in [0.25, 0.3) is 0 Å². The number of likely N-dealkylation sites (tertiary alicyclic amines) is 1. The highest BCUT2D eigenvalue weighted by molar-refractivity contribution is 5.82. The first kappa shape index (κ1) is 14.3. The fourth-order valence-electron chi connectivity index (χ4n) is 3.89. The molecule has 2 aliphatic heterocycles. The molecule has 3 fully saturated rings. The number of esters is 1. The van der Waals surface area contributed by atoms with Crippen LogP contribution in [-0.2, 0) is 9.53 Å². The van der Waals surface area contributed by atoms with Gasteiger partial charge in [-0.2, -0.15) is 0 Å². The summed E-state index contributed by atoms with van der Waals surface area (Å²) in [5.74, 6) is -0.00287. The van der Waals surface area contributed by atoms with Gasteiger partial charge in [-0.1, -0.05) is 0 Å². The number of rotatable bonds is 4. The summed E-state index contributed by atoms with van der Waals surface area (Å²) in [5, 5.41) is 3.38. The van der Waals surface area contributed by atoms with Gasteiger partial charge in [0.1, 0.15) is 5.54 Å². The van der Waals surface area contributed by atoms with Crippen LogP contribution in [0.5, 0.6) is 0 Å². The lowest BCUT2D eigenvalue weighted by Crippen LogP contribution is -2.62. The van der Waals surface area contributed by atoms with Gasteiger partial charge < -0.3 is 10.1 Å². The second kappa shape index (κ2) is 5.62. The average Bonchev–Trinajstić information content (AvgIpc) is 3.24. The number of nitrogens with zero attached hydrogens (tertiary/aromatic N) is 2. The molecule has 1 saturated carbocycles. The molecule has 0 spiro atoms. The van der Waals surface area contributed by atoms with Crippen molar-refractivity contribution < 1.29 is 9.53 Å². The van der Waals surface area contributed by atoms with E-state index in [0.717, 1.165) is 39.1 Å². The van der Waals surface area contributed by atoms with Crippen molar-refractivity contribution in [1.29, 1.82) is 0 Å². The third-order valence-corrected chi connectivity index (χ3v) is 5.04. The van der Waals surface area contributed by atoms with Crippen molar-refractivity contribution in [2.45, 2.75) is 50.7 Å². The van der Waals surface area contributed by atoms with Crippen molar-refractivity contribution in [2.75, 3.05) is 39.3 Å². The molecule has 0 aromatic heterocycles. The van der Waals surface area contributed by atoms with E-state index in [0.29, 0.717) is 18.7 Å². The Bertz CT molecular complexity index is 366. The summed E-state index contributed by atoms with van der Waals surface area (Å²) in [4.78, 5) is 17.6. The van der Waals surface area contributed by atoms with Crippen LogP contribution < -0.4 is 5.32 Å². The van der Waals surface area contributed by atoms with E-state index in [1.54, 1.807) is 0 Å². The van der Waals surface area contributed by atoms with E-state index in [2.05, 4.69) is 22.0 Å². The van der Waals surface area contributed by atoms with Gasteiger partial charge in [0.2, 0.25) is 0 Å². The molecule has 0 radical (unpaired) electrons. The van der Waals surface area contributed by atoms with Crippen molar-refractivity contribution in [3.05, 3.63) is 0 Å². The van der Waals surface area contributed by atoms with Crippen LogP contribution >= 0.6 is 0 Å². The lowest BCUT2D eigenvalue weighted by molar-refractivity contribution is -0.158. The molecule has 5 nitrogen and oxygen atoms in total. The number of piperazine rings is 1. The Morgan fingerprint density at radius 2 is 2.05 bits per heavy atom. The summed E-state index contributed by atoms with van der Waals surface area (Å²) < 4.78 is 5.45. The number of carbonyl (C=O) groups is 1. The quantitative estimate of drug-likeness (QED) is 0.758. The molecule has 2 heterocycles. The van der Waals surface area contributed by atoms with Crippen molar-refractivity contribution in [1.82, 2.24) is 15.1 Å². The van der Waals surface area contributed by atoms with Gasteiger partial charge in [0.05, 0.1) is 6.61 Å². The molecule has 3 rings (SSSR count). The van der Waals surface area contributed by atoms with Gasteiger partial charge in [-0.25, -0.2) is 4.79 Å². The fraction of sp³-hybridized carbons (Fsp3) is 0.933. The minimum atomic E-state index is -0.403. The SMILES string of the molecule is CCOC(=O)C1(N2CCNCC2)CC(C)N(C2CC2)C1. The molecule has 2 atom stereocenters. The van der Waals surface area contributed by atoms with Gasteiger partial charge >= 0.3 is 5.97 Å². The summed E-state index contributed by atoms with van der Waals surface area (Å²) in [6, 6.07) is 1.20. The molecular formula is C15H27N3O2. The van der Waals surface area contributed by atoms with E-state index in [4.69, 9.17) is 4.74 Å². The van der Waals surface area contributed by atoms with Crippen molar-refractivity contribution in [3.8, 4) is 0 Å². The van der Waals surface area contributed by atoms with Crippen LogP contribution in [0.3, 0.4) is 0 Å². The monoisotopic (exact) mass is 281 g/mol. The zero-order valence-electron chi connectivity index (χ0n) is 12.7. The van der Waals surface area contributed by atoms with Gasteiger partial charge in [0.15, 0.2) is 0 Å². The number of carbonyl (C=O) groups excluding carboxylic acids is 1. The largest absolute Gasteiger partial charge is 0.465 e. The molecule has 1 aliphatic carbocycles. The van der Waals surface area contributed by atoms with E-state index >= 15 is 0 Å². The third kappa shape index (κ3) is 2.47. The van der Waals surface area contributed by atoms with Gasteiger partial charge in [0.25, 0.3) is 0 Å². The number of nitrogens with one attached hydrogen (secondary N) is 1. The molecule has 5 heteroatoms. The average molecular weight is 281 g/mol. The zero-order valence-corrected chi connectivity index (χ0v) is 12.7. The maximum atomic E-state index is 12.7. The van der Waals surface area contributed by atoms with Crippen LogP contribution in [0.1, 0.15) is 33.1 Å². The minimum absolute atomic E-state index is 0.00287. The van der Waals surface area contributed by atoms with Crippen molar-refractivity contribution >= 4 is 5.97 Å². The molecule has 114 valence electrons. The van der Waals surface area contributed by atoms with Crippen molar-refractivity contribution in [2.24, 2.45) is 0 Å². The molecule has 3 aliphatic rings. The van der Waals surface area contributed by atoms with Crippen LogP contribution in [-0.4, -0.2) is 72.7 Å². The maximum Gasteiger partial charge on any atom is 0.327 e. The van der Waals surface area contributed by atoms with E-state index in [-0.39, 0.29) is 5.97 Å². The summed E-state index contributed by atoms with van der Waals surface area (Å²) in [7, 11) is 0. The van der Waals surface area contributed by atoms with Gasteiger partial charge in [-0.15, -0.1) is 0 Å². The summed E-state index contributed by atoms with van der Waals surface area (Å²) in [6.07, 6.45) is 3.51. The lowest BCUT2D eigenvalue weighted by Gasteiger charge is -2.41. The topological polar surface area (TPSA) is 44.8 Å². The summed E-state index contributed by atoms with van der Waals surface area (Å²) in [6.45, 7) is 9.34. The Hall–Kier alpha value is -0.650. The number of hydrogen-bond donors (Lipinski definition) is 1. The van der Waals surface area contributed by atoms with Gasteiger partial charge in [-0.05, 0) is 33.1 Å². The van der Waals surface area contributed by atoms with E-state index in [9.17, 15) is 4.79 Å². The molecule has 0 aromatic rings. The standard InChI is InChI=1S/C15H27N3O2/c1-3-20-14(19)15(17-8-6-16-7-9-17)10-12(2)18(11-15)13-4-5-13/h12-13,16H,3-11H2,1-2H3. The van der Waals surface area contributed by atoms with Crippen LogP contribution in [0.15, 0.2) is 0 Å². The highest BCUT2D eigenvalue weighted by Gasteiger charge is 2.55. The predicted octanol–water partition coefficient (Wildman–Crippen LogP) is 0.450. The normalized spacial score (nSPS) is 36.2. The van der Waals surface area contributed by atoms with Crippen LogP contribution in [0, 0.1) is 0 Å². The highest BCUT2D eigenvalue weighted by Crippen LogP contribution is 2.40. The second-order valence-electron chi connectivity index (χ2n) is 6.45. The molecule has 0 amide bonds. The zero-order chi connectivity index (χ0) is 14.2. The molecule has 2 unspecified atom stereocenters. The second-order valence-corrected chi connectivity index (χ2v) is 6.45. The Balaban J connectivity index is 1.81. The minimum Gasteiger partial charge on any atom is -0.465 e. The predicted molar refractivity (Wildman–Crippen MR) is 77.6 cm³/mol. The Kier molecular flexibility index (Phi) is 4.02. The van der Waals surface area contributed by atoms with Crippen LogP contribution in [0.2, 0.25) is 0 Å². The summed E-state index contributed by atoms with van der Waals surface area (Å²) in [5.41, 5.74) is -0.403. The Labute approximate surface area is 121 Å². The highest BCUT2D eigenvalue weighted by atomic mass is 16.5.